The smallest absolute Gasteiger partial charge is 0.402 e. The summed E-state index contributed by atoms with van der Waals surface area (Å²) in [5.74, 6) is 0.679. The van der Waals surface area contributed by atoms with Crippen LogP contribution < -0.4 is 18.9 Å². The topological polar surface area (TPSA) is 36.9 Å². The van der Waals surface area contributed by atoms with Crippen molar-refractivity contribution in [1.29, 1.82) is 0 Å². The third kappa shape index (κ3) is 7.13. The number of alkyl halides is 6. The van der Waals surface area contributed by atoms with E-state index < -0.39 is 23.2 Å². The zero-order valence-electron chi connectivity index (χ0n) is 34.2. The normalized spacial score (nSPS) is 20.7. The number of methoxy groups -OCH3 is 4. The van der Waals surface area contributed by atoms with Gasteiger partial charge in [0.2, 0.25) is 0 Å². The fourth-order valence-corrected chi connectivity index (χ4v) is 9.35. The Morgan fingerprint density at radius 2 is 0.783 bits per heavy atom. The Morgan fingerprint density at radius 3 is 1.10 bits per heavy atom. The summed E-state index contributed by atoms with van der Waals surface area (Å²) in [5.41, 5.74) is 1.80. The molecule has 0 bridgehead atoms. The van der Waals surface area contributed by atoms with Gasteiger partial charge < -0.3 is 18.9 Å². The number of rotatable bonds is 8. The quantitative estimate of drug-likeness (QED) is 0.143. The first-order valence-corrected chi connectivity index (χ1v) is 19.5. The molecule has 0 radical (unpaired) electrons. The average Bonchev–Trinajstić information content (AvgIpc) is 3.78. The molecule has 312 valence electrons. The minimum Gasteiger partial charge on any atom is -0.493 e. The molecule has 6 aromatic rings. The van der Waals surface area contributed by atoms with Gasteiger partial charge in [0.25, 0.3) is 0 Å². The summed E-state index contributed by atoms with van der Waals surface area (Å²) in [6, 6.07) is 38.4. The summed E-state index contributed by atoms with van der Waals surface area (Å²) >= 11 is 0. The van der Waals surface area contributed by atoms with Crippen molar-refractivity contribution in [2.75, 3.05) is 28.4 Å². The van der Waals surface area contributed by atoms with E-state index in [-0.39, 0.29) is 47.3 Å². The summed E-state index contributed by atoms with van der Waals surface area (Å²) in [6.07, 6.45) is -9.15. The van der Waals surface area contributed by atoms with Crippen LogP contribution in [0.1, 0.15) is 80.3 Å². The highest BCUT2D eigenvalue weighted by Gasteiger charge is 2.63. The van der Waals surface area contributed by atoms with Crippen LogP contribution in [0.4, 0.5) is 26.3 Å². The van der Waals surface area contributed by atoms with Crippen LogP contribution >= 0.6 is 0 Å². The summed E-state index contributed by atoms with van der Waals surface area (Å²) in [7, 11) is 5.80. The van der Waals surface area contributed by atoms with Gasteiger partial charge in [0.05, 0.1) is 28.4 Å². The second-order valence-electron chi connectivity index (χ2n) is 15.5. The van der Waals surface area contributed by atoms with Crippen LogP contribution in [0.2, 0.25) is 0 Å². The van der Waals surface area contributed by atoms with Crippen molar-refractivity contribution >= 4 is 0 Å². The number of ether oxygens (including phenoxy) is 4. The van der Waals surface area contributed by atoms with Crippen LogP contribution in [0, 0.1) is 13.8 Å². The fourth-order valence-electron chi connectivity index (χ4n) is 9.35. The van der Waals surface area contributed by atoms with Crippen LogP contribution in [-0.2, 0) is 10.8 Å². The van der Waals surface area contributed by atoms with E-state index in [0.717, 1.165) is 33.4 Å². The Hall–Kier alpha value is -5.90. The lowest BCUT2D eigenvalue weighted by Gasteiger charge is -2.34. The van der Waals surface area contributed by atoms with Gasteiger partial charge in [0.15, 0.2) is 23.0 Å². The standard InChI is InChI=1S/2C25H23F3O2/c2*1-16-9-11-21-19(13-16)20(17-7-5-4-6-8-17)15-24(21,25(26,27)28)18-10-12-22(29-2)23(14-18)30-3/h2*4-14,20H,15H2,1-3H3/t2*20-,24+/m00/s1. The Bertz CT molecular complexity index is 2290. The monoisotopic (exact) mass is 824 g/mol. The van der Waals surface area contributed by atoms with Gasteiger partial charge in [-0.3, -0.25) is 0 Å². The van der Waals surface area contributed by atoms with E-state index in [1.807, 2.05) is 86.6 Å². The maximum absolute atomic E-state index is 14.9. The van der Waals surface area contributed by atoms with Crippen molar-refractivity contribution in [1.82, 2.24) is 0 Å². The van der Waals surface area contributed by atoms with E-state index in [1.54, 1.807) is 36.4 Å². The summed E-state index contributed by atoms with van der Waals surface area (Å²) in [4.78, 5) is 0. The van der Waals surface area contributed by atoms with Crippen molar-refractivity contribution in [2.24, 2.45) is 0 Å². The molecular formula is C50H46F6O4. The van der Waals surface area contributed by atoms with Crippen molar-refractivity contribution in [3.63, 3.8) is 0 Å². The van der Waals surface area contributed by atoms with Crippen LogP contribution in [-0.4, -0.2) is 40.8 Å². The predicted molar refractivity (Wildman–Crippen MR) is 221 cm³/mol. The second kappa shape index (κ2) is 16.3. The van der Waals surface area contributed by atoms with Crippen molar-refractivity contribution in [3.05, 3.63) is 189 Å². The van der Waals surface area contributed by atoms with E-state index in [1.165, 1.54) is 52.7 Å². The van der Waals surface area contributed by atoms with Crippen LogP contribution in [0.15, 0.2) is 133 Å². The Labute approximate surface area is 346 Å². The van der Waals surface area contributed by atoms with Gasteiger partial charge in [0.1, 0.15) is 10.8 Å². The minimum atomic E-state index is -4.49. The van der Waals surface area contributed by atoms with Crippen molar-refractivity contribution in [3.8, 4) is 23.0 Å². The Kier molecular flexibility index (Phi) is 11.5. The van der Waals surface area contributed by atoms with Crippen LogP contribution in [0.3, 0.4) is 0 Å². The number of hydrogen-bond donors (Lipinski definition) is 0. The van der Waals surface area contributed by atoms with Gasteiger partial charge in [-0.15, -0.1) is 0 Å². The molecule has 0 spiro atoms. The Balaban J connectivity index is 0.000000181. The maximum Gasteiger partial charge on any atom is 0.402 e. The number of aryl methyl sites for hydroxylation is 2. The number of halogens is 6. The molecule has 0 saturated heterocycles. The third-order valence-corrected chi connectivity index (χ3v) is 12.2. The Morgan fingerprint density at radius 1 is 0.433 bits per heavy atom. The largest absolute Gasteiger partial charge is 0.493 e. The first-order valence-electron chi connectivity index (χ1n) is 19.5. The maximum atomic E-state index is 14.9. The molecule has 0 aliphatic heterocycles. The fraction of sp³-hybridized carbons (Fsp3) is 0.280. The van der Waals surface area contributed by atoms with E-state index >= 15 is 0 Å². The van der Waals surface area contributed by atoms with Crippen molar-refractivity contribution < 1.29 is 45.3 Å². The zero-order chi connectivity index (χ0) is 43.0. The third-order valence-electron chi connectivity index (χ3n) is 12.2. The SMILES string of the molecule is COc1ccc([C@]2(C(F)(F)F)C[C@@H](c3ccccc3)c3cc(C)ccc32)cc1OC.COc1ccc([C@]2(C(F)(F)F)C[C@@H](c3ccccc3)c3cc(C)ccc32)cc1OC. The summed E-state index contributed by atoms with van der Waals surface area (Å²) in [5, 5.41) is 0. The van der Waals surface area contributed by atoms with Gasteiger partial charge in [-0.25, -0.2) is 0 Å². The molecule has 0 N–H and O–H groups in total. The molecule has 0 unspecified atom stereocenters. The van der Waals surface area contributed by atoms with Crippen LogP contribution in [0.25, 0.3) is 0 Å². The molecule has 0 aromatic heterocycles. The van der Waals surface area contributed by atoms with E-state index in [4.69, 9.17) is 18.9 Å². The molecule has 8 rings (SSSR count). The van der Waals surface area contributed by atoms with Gasteiger partial charge >= 0.3 is 12.4 Å². The molecule has 4 nitrogen and oxygen atoms in total. The molecule has 2 aliphatic carbocycles. The van der Waals surface area contributed by atoms with E-state index in [2.05, 4.69) is 0 Å². The molecule has 0 fully saturated rings. The highest BCUT2D eigenvalue weighted by Crippen LogP contribution is 2.62. The minimum absolute atomic E-state index is 0.0885. The molecule has 6 aromatic carbocycles. The molecule has 10 heteroatoms. The lowest BCUT2D eigenvalue weighted by Crippen LogP contribution is -2.41. The van der Waals surface area contributed by atoms with Gasteiger partial charge in [-0.05, 0) is 95.5 Å². The number of fused-ring (bicyclic) bond motifs is 2. The van der Waals surface area contributed by atoms with Gasteiger partial charge in [-0.1, -0.05) is 120 Å². The molecule has 60 heavy (non-hydrogen) atoms. The lowest BCUT2D eigenvalue weighted by atomic mass is 9.73. The average molecular weight is 825 g/mol. The molecule has 4 atom stereocenters. The summed E-state index contributed by atoms with van der Waals surface area (Å²) in [6.45, 7) is 3.82. The molecule has 0 amide bonds. The summed E-state index contributed by atoms with van der Waals surface area (Å²) < 4.78 is 111. The number of hydrogen-bond acceptors (Lipinski definition) is 4. The highest BCUT2D eigenvalue weighted by atomic mass is 19.4. The second-order valence-corrected chi connectivity index (χ2v) is 15.5. The van der Waals surface area contributed by atoms with Gasteiger partial charge in [0, 0.05) is 11.8 Å². The predicted octanol–water partition coefficient (Wildman–Crippen LogP) is 12.8. The van der Waals surface area contributed by atoms with E-state index in [9.17, 15) is 26.3 Å². The number of benzene rings is 6. The lowest BCUT2D eigenvalue weighted by molar-refractivity contribution is -0.178. The first-order chi connectivity index (χ1) is 28.6. The van der Waals surface area contributed by atoms with Gasteiger partial charge in [-0.2, -0.15) is 26.3 Å². The molecule has 0 heterocycles. The molecule has 2 aliphatic rings. The van der Waals surface area contributed by atoms with E-state index in [0.29, 0.717) is 22.6 Å². The molecular weight excluding hydrogens is 779 g/mol. The van der Waals surface area contributed by atoms with Crippen molar-refractivity contribution in [2.45, 2.75) is 61.7 Å². The highest BCUT2D eigenvalue weighted by molar-refractivity contribution is 5.60. The van der Waals surface area contributed by atoms with Crippen LogP contribution in [0.5, 0.6) is 23.0 Å². The zero-order valence-corrected chi connectivity index (χ0v) is 34.2. The molecule has 0 saturated carbocycles. The first kappa shape index (κ1) is 42.2.